The van der Waals surface area contributed by atoms with Gasteiger partial charge in [-0.2, -0.15) is 0 Å². The minimum atomic E-state index is -1.18. The molecule has 0 aliphatic rings. The van der Waals surface area contributed by atoms with Crippen molar-refractivity contribution in [3.63, 3.8) is 0 Å². The molecule has 102 valence electrons. The number of aromatic carboxylic acids is 1. The van der Waals surface area contributed by atoms with Gasteiger partial charge < -0.3 is 15.5 Å². The SMILES string of the molecule is Cc1ccc(C(=O)Nc2cccc(C(=O)O)n2)c(O)c1. The fraction of sp³-hybridized carbons (Fsp3) is 0.0714. The number of hydrogen-bond donors (Lipinski definition) is 3. The Kier molecular flexibility index (Phi) is 3.65. The van der Waals surface area contributed by atoms with E-state index >= 15 is 0 Å². The lowest BCUT2D eigenvalue weighted by Gasteiger charge is -2.07. The van der Waals surface area contributed by atoms with Crippen LogP contribution in [0.25, 0.3) is 0 Å². The Balaban J connectivity index is 2.23. The molecule has 0 saturated heterocycles. The van der Waals surface area contributed by atoms with Crippen LogP contribution in [0.15, 0.2) is 36.4 Å². The number of phenols is 1. The second kappa shape index (κ2) is 5.40. The number of pyridine rings is 1. The fourth-order valence-electron chi connectivity index (χ4n) is 1.64. The topological polar surface area (TPSA) is 99.5 Å². The van der Waals surface area contributed by atoms with Crippen molar-refractivity contribution in [2.45, 2.75) is 6.92 Å². The number of anilines is 1. The molecular weight excluding hydrogens is 260 g/mol. The molecule has 0 unspecified atom stereocenters. The molecule has 1 amide bonds. The van der Waals surface area contributed by atoms with E-state index in [0.717, 1.165) is 5.56 Å². The number of carbonyl (C=O) groups excluding carboxylic acids is 1. The summed E-state index contributed by atoms with van der Waals surface area (Å²) in [7, 11) is 0. The van der Waals surface area contributed by atoms with Crippen LogP contribution in [0.2, 0.25) is 0 Å². The minimum absolute atomic E-state index is 0.0955. The minimum Gasteiger partial charge on any atom is -0.507 e. The molecule has 3 N–H and O–H groups in total. The highest BCUT2D eigenvalue weighted by Gasteiger charge is 2.13. The Bertz CT molecular complexity index is 683. The number of aromatic hydroxyl groups is 1. The summed E-state index contributed by atoms with van der Waals surface area (Å²) in [6.07, 6.45) is 0. The highest BCUT2D eigenvalue weighted by atomic mass is 16.4. The van der Waals surface area contributed by atoms with Crippen LogP contribution in [0, 0.1) is 6.92 Å². The standard InChI is InChI=1S/C14H12N2O4/c1-8-5-6-9(11(17)7-8)13(18)16-12-4-2-3-10(15-12)14(19)20/h2-7,17H,1H3,(H,19,20)(H,15,16,18). The van der Waals surface area contributed by atoms with Crippen molar-refractivity contribution in [3.05, 3.63) is 53.2 Å². The van der Waals surface area contributed by atoms with Gasteiger partial charge >= 0.3 is 5.97 Å². The molecule has 1 aromatic heterocycles. The Morgan fingerprint density at radius 2 is 1.95 bits per heavy atom. The Hall–Kier alpha value is -2.89. The van der Waals surface area contributed by atoms with Gasteiger partial charge in [-0.25, -0.2) is 9.78 Å². The molecule has 0 aliphatic heterocycles. The van der Waals surface area contributed by atoms with Gasteiger partial charge in [-0.3, -0.25) is 4.79 Å². The van der Waals surface area contributed by atoms with E-state index in [-0.39, 0.29) is 22.8 Å². The summed E-state index contributed by atoms with van der Waals surface area (Å²) in [5.41, 5.74) is 0.749. The molecule has 0 bridgehead atoms. The summed E-state index contributed by atoms with van der Waals surface area (Å²) >= 11 is 0. The zero-order valence-corrected chi connectivity index (χ0v) is 10.6. The summed E-state index contributed by atoms with van der Waals surface area (Å²) in [5.74, 6) is -1.77. The largest absolute Gasteiger partial charge is 0.507 e. The van der Waals surface area contributed by atoms with E-state index in [0.29, 0.717) is 0 Å². The van der Waals surface area contributed by atoms with E-state index in [1.165, 1.54) is 30.3 Å². The molecule has 0 fully saturated rings. The summed E-state index contributed by atoms with van der Waals surface area (Å²) in [6, 6.07) is 8.91. The third kappa shape index (κ3) is 2.92. The molecule has 6 heteroatoms. The van der Waals surface area contributed by atoms with E-state index < -0.39 is 11.9 Å². The number of aryl methyl sites for hydroxylation is 1. The molecular formula is C14H12N2O4. The third-order valence-corrected chi connectivity index (χ3v) is 2.61. The zero-order chi connectivity index (χ0) is 14.7. The fourth-order valence-corrected chi connectivity index (χ4v) is 1.64. The first-order valence-electron chi connectivity index (χ1n) is 5.78. The van der Waals surface area contributed by atoms with Gasteiger partial charge in [0.2, 0.25) is 0 Å². The van der Waals surface area contributed by atoms with Gasteiger partial charge in [-0.1, -0.05) is 12.1 Å². The van der Waals surface area contributed by atoms with E-state index in [1.807, 2.05) is 0 Å². The molecule has 20 heavy (non-hydrogen) atoms. The van der Waals surface area contributed by atoms with Crippen LogP contribution in [-0.4, -0.2) is 27.1 Å². The average Bonchev–Trinajstić information content (AvgIpc) is 2.38. The van der Waals surface area contributed by atoms with Gasteiger partial charge in [0.25, 0.3) is 5.91 Å². The van der Waals surface area contributed by atoms with Gasteiger partial charge in [-0.05, 0) is 36.8 Å². The maximum atomic E-state index is 12.0. The van der Waals surface area contributed by atoms with Gasteiger partial charge in [0, 0.05) is 0 Å². The first-order chi connectivity index (χ1) is 9.47. The Labute approximate surface area is 114 Å². The average molecular weight is 272 g/mol. The van der Waals surface area contributed by atoms with Crippen LogP contribution in [0.3, 0.4) is 0 Å². The van der Waals surface area contributed by atoms with E-state index in [2.05, 4.69) is 10.3 Å². The van der Waals surface area contributed by atoms with Gasteiger partial charge in [0.15, 0.2) is 5.69 Å². The summed E-state index contributed by atoms with van der Waals surface area (Å²) in [4.78, 5) is 26.5. The lowest BCUT2D eigenvalue weighted by atomic mass is 10.1. The number of carboxylic acid groups (broad SMARTS) is 1. The van der Waals surface area contributed by atoms with E-state index in [4.69, 9.17) is 5.11 Å². The summed E-state index contributed by atoms with van der Waals surface area (Å²) in [6.45, 7) is 1.79. The van der Waals surface area contributed by atoms with Crippen molar-refractivity contribution in [3.8, 4) is 5.75 Å². The number of benzene rings is 1. The lowest BCUT2D eigenvalue weighted by Crippen LogP contribution is -2.14. The van der Waals surface area contributed by atoms with Crippen molar-refractivity contribution >= 4 is 17.7 Å². The molecule has 0 atom stereocenters. The van der Waals surface area contributed by atoms with Crippen LogP contribution in [-0.2, 0) is 0 Å². The Morgan fingerprint density at radius 1 is 1.20 bits per heavy atom. The maximum absolute atomic E-state index is 12.0. The lowest BCUT2D eigenvalue weighted by molar-refractivity contribution is 0.0690. The zero-order valence-electron chi connectivity index (χ0n) is 10.6. The third-order valence-electron chi connectivity index (χ3n) is 2.61. The second-order valence-electron chi connectivity index (χ2n) is 4.19. The summed E-state index contributed by atoms with van der Waals surface area (Å²) < 4.78 is 0. The van der Waals surface area contributed by atoms with E-state index in [1.54, 1.807) is 13.0 Å². The predicted octanol–water partition coefficient (Wildman–Crippen LogP) is 2.05. The number of carbonyl (C=O) groups is 2. The number of phenolic OH excluding ortho intramolecular Hbond substituents is 1. The first-order valence-corrected chi connectivity index (χ1v) is 5.78. The predicted molar refractivity (Wildman–Crippen MR) is 72.0 cm³/mol. The number of nitrogens with one attached hydrogen (secondary N) is 1. The Morgan fingerprint density at radius 3 is 2.60 bits per heavy atom. The number of hydrogen-bond acceptors (Lipinski definition) is 4. The van der Waals surface area contributed by atoms with Crippen LogP contribution in [0.4, 0.5) is 5.82 Å². The van der Waals surface area contributed by atoms with Gasteiger partial charge in [0.1, 0.15) is 11.6 Å². The normalized spacial score (nSPS) is 10.1. The quantitative estimate of drug-likeness (QED) is 0.794. The monoisotopic (exact) mass is 272 g/mol. The van der Waals surface area contributed by atoms with Crippen molar-refractivity contribution in [1.29, 1.82) is 0 Å². The smallest absolute Gasteiger partial charge is 0.354 e. The van der Waals surface area contributed by atoms with Crippen molar-refractivity contribution < 1.29 is 19.8 Å². The molecule has 0 saturated carbocycles. The highest BCUT2D eigenvalue weighted by molar-refractivity contribution is 6.05. The molecule has 1 aromatic carbocycles. The molecule has 0 aliphatic carbocycles. The van der Waals surface area contributed by atoms with Crippen molar-refractivity contribution in [2.24, 2.45) is 0 Å². The number of nitrogens with zero attached hydrogens (tertiary/aromatic N) is 1. The molecule has 1 heterocycles. The van der Waals surface area contributed by atoms with Crippen molar-refractivity contribution in [2.75, 3.05) is 5.32 Å². The molecule has 6 nitrogen and oxygen atoms in total. The molecule has 0 radical (unpaired) electrons. The van der Waals surface area contributed by atoms with Crippen LogP contribution in [0.1, 0.15) is 26.4 Å². The van der Waals surface area contributed by atoms with Crippen LogP contribution < -0.4 is 5.32 Å². The maximum Gasteiger partial charge on any atom is 0.354 e. The molecule has 2 aromatic rings. The number of carboxylic acids is 1. The van der Waals surface area contributed by atoms with Crippen LogP contribution in [0.5, 0.6) is 5.75 Å². The summed E-state index contributed by atoms with van der Waals surface area (Å²) in [5, 5.41) is 21.0. The van der Waals surface area contributed by atoms with Crippen LogP contribution >= 0.6 is 0 Å². The molecule has 0 spiro atoms. The van der Waals surface area contributed by atoms with Gasteiger partial charge in [0.05, 0.1) is 5.56 Å². The first kappa shape index (κ1) is 13.5. The number of aromatic nitrogens is 1. The number of amides is 1. The number of rotatable bonds is 3. The second-order valence-corrected chi connectivity index (χ2v) is 4.19. The molecule has 2 rings (SSSR count). The highest BCUT2D eigenvalue weighted by Crippen LogP contribution is 2.19. The van der Waals surface area contributed by atoms with Crippen molar-refractivity contribution in [1.82, 2.24) is 4.98 Å². The van der Waals surface area contributed by atoms with E-state index in [9.17, 15) is 14.7 Å². The van der Waals surface area contributed by atoms with Gasteiger partial charge in [-0.15, -0.1) is 0 Å².